The quantitative estimate of drug-likeness (QED) is 0.158. The first-order chi connectivity index (χ1) is 25.6. The van der Waals surface area contributed by atoms with E-state index in [2.05, 4.69) is 44.3 Å². The smallest absolute Gasteiger partial charge is 0.263 e. The second-order valence-electron chi connectivity index (χ2n) is 15.2. The average molecular weight is 727 g/mol. The van der Waals surface area contributed by atoms with Gasteiger partial charge in [0.2, 0.25) is 5.91 Å². The zero-order chi connectivity index (χ0) is 37.0. The Morgan fingerprint density at radius 3 is 2.40 bits per heavy atom. The van der Waals surface area contributed by atoms with Crippen LogP contribution in [0.4, 0.5) is 11.4 Å². The maximum Gasteiger partial charge on any atom is 0.263 e. The average Bonchev–Trinajstić information content (AvgIpc) is 3.48. The molecular weight excluding hydrogens is 681 g/mol. The van der Waals surface area contributed by atoms with Crippen LogP contribution in [0.15, 0.2) is 103 Å². The lowest BCUT2D eigenvalue weighted by Crippen LogP contribution is -2.56. The molecule has 1 unspecified atom stereocenters. The van der Waals surface area contributed by atoms with Crippen molar-refractivity contribution in [2.75, 3.05) is 25.7 Å². The van der Waals surface area contributed by atoms with Gasteiger partial charge in [-0.15, -0.1) is 0 Å². The van der Waals surface area contributed by atoms with Crippen LogP contribution in [0.3, 0.4) is 0 Å². The Kier molecular flexibility index (Phi) is 9.13. The van der Waals surface area contributed by atoms with E-state index in [0.29, 0.717) is 24.3 Å². The molecule has 0 saturated heterocycles. The summed E-state index contributed by atoms with van der Waals surface area (Å²) < 4.78 is 18.9. The molecule has 0 aromatic heterocycles. The van der Waals surface area contributed by atoms with Crippen LogP contribution in [-0.2, 0) is 22.5 Å². The molecule has 3 heterocycles. The van der Waals surface area contributed by atoms with Crippen molar-refractivity contribution >= 4 is 47.2 Å². The van der Waals surface area contributed by atoms with Gasteiger partial charge in [0.05, 0.1) is 45.2 Å². The Balaban J connectivity index is 1.16. The van der Waals surface area contributed by atoms with E-state index in [-0.39, 0.29) is 54.6 Å². The number of hydrogen-bond donors (Lipinski definition) is 1. The Hall–Kier alpha value is -4.96. The lowest BCUT2D eigenvalue weighted by atomic mass is 9.86. The van der Waals surface area contributed by atoms with Gasteiger partial charge in [-0.2, -0.15) is 0 Å². The number of fused-ring (bicyclic) bond motifs is 2. The standard InChI is InChI=1S/C44H46N2O6Si/c1-27-42(51-3)36-23-31(46-37-15-9-13-28-12-8-14-35(41(28)37)44(46)49)16-21-38(36)52-43(27)39(53(4,5)34-19-17-33(50-2)18-20-34)24-40(48)45-25-30-11-7-6-10-29(30)22-32(45)26-47/h6-21,23,27,32,39,42-43,47H,22,24-26H2,1-5H3/t27-,32+,39?,42-,43-/m1/s1. The van der Waals surface area contributed by atoms with Gasteiger partial charge < -0.3 is 24.2 Å². The minimum absolute atomic E-state index is 0.0184. The minimum Gasteiger partial charge on any atom is -0.497 e. The van der Waals surface area contributed by atoms with Crippen LogP contribution in [0.5, 0.6) is 11.5 Å². The molecule has 0 saturated carbocycles. The van der Waals surface area contributed by atoms with E-state index in [0.717, 1.165) is 39.0 Å². The van der Waals surface area contributed by atoms with Crippen LogP contribution in [-0.4, -0.2) is 62.9 Å². The summed E-state index contributed by atoms with van der Waals surface area (Å²) in [5.74, 6) is 1.32. The van der Waals surface area contributed by atoms with Crippen molar-refractivity contribution in [3.05, 3.63) is 125 Å². The van der Waals surface area contributed by atoms with Gasteiger partial charge in [-0.25, -0.2) is 0 Å². The van der Waals surface area contributed by atoms with Crippen molar-refractivity contribution in [2.24, 2.45) is 5.92 Å². The van der Waals surface area contributed by atoms with Crippen LogP contribution in [0.2, 0.25) is 18.6 Å². The fourth-order valence-corrected chi connectivity index (χ4v) is 12.4. The molecule has 0 aliphatic carbocycles. The zero-order valence-electron chi connectivity index (χ0n) is 30.9. The summed E-state index contributed by atoms with van der Waals surface area (Å²) in [6.07, 6.45) is 0.207. The number of ether oxygens (including phenoxy) is 3. The SMILES string of the molecule is COc1ccc([Si](C)(C)C(CC(=O)N2Cc3ccccc3C[C@H]2CO)[C@@H]2Oc3ccc(N4C(=O)c5cccc6cccc4c56)cc3[C@H](OC)[C@H]2C)cc1. The second-order valence-corrected chi connectivity index (χ2v) is 20.0. The summed E-state index contributed by atoms with van der Waals surface area (Å²) >= 11 is 0. The van der Waals surface area contributed by atoms with E-state index in [1.165, 1.54) is 10.8 Å². The molecule has 0 fully saturated rings. The first-order valence-electron chi connectivity index (χ1n) is 18.5. The molecule has 272 valence electrons. The van der Waals surface area contributed by atoms with Crippen molar-refractivity contribution in [3.8, 4) is 11.5 Å². The molecule has 3 aliphatic rings. The van der Waals surface area contributed by atoms with Gasteiger partial charge in [0.25, 0.3) is 5.91 Å². The Labute approximate surface area is 311 Å². The molecule has 1 N–H and O–H groups in total. The highest BCUT2D eigenvalue weighted by Crippen LogP contribution is 2.50. The first kappa shape index (κ1) is 35.1. The van der Waals surface area contributed by atoms with E-state index < -0.39 is 8.07 Å². The molecule has 5 aromatic rings. The summed E-state index contributed by atoms with van der Waals surface area (Å²) in [6, 6.07) is 33.9. The third-order valence-electron chi connectivity index (χ3n) is 12.1. The molecule has 3 aliphatic heterocycles. The van der Waals surface area contributed by atoms with Crippen molar-refractivity contribution in [1.82, 2.24) is 4.90 Å². The van der Waals surface area contributed by atoms with Crippen LogP contribution < -0.4 is 19.6 Å². The summed E-state index contributed by atoms with van der Waals surface area (Å²) in [6.45, 7) is 7.15. The Bertz CT molecular complexity index is 2200. The number of carbonyl (C=O) groups is 2. The minimum atomic E-state index is -2.47. The highest BCUT2D eigenvalue weighted by Gasteiger charge is 2.49. The number of hydrogen-bond acceptors (Lipinski definition) is 6. The molecule has 5 atom stereocenters. The normalized spacial score (nSPS) is 21.2. The predicted octanol–water partition coefficient (Wildman–Crippen LogP) is 7.55. The third-order valence-corrected chi connectivity index (χ3v) is 16.3. The van der Waals surface area contributed by atoms with Gasteiger partial charge in [0.1, 0.15) is 17.6 Å². The number of anilines is 2. The van der Waals surface area contributed by atoms with Gasteiger partial charge in [-0.05, 0) is 65.4 Å². The Morgan fingerprint density at radius 2 is 1.68 bits per heavy atom. The topological polar surface area (TPSA) is 88.5 Å². The predicted molar refractivity (Wildman–Crippen MR) is 210 cm³/mol. The Morgan fingerprint density at radius 1 is 0.943 bits per heavy atom. The summed E-state index contributed by atoms with van der Waals surface area (Å²) in [5, 5.41) is 13.7. The lowest BCUT2D eigenvalue weighted by molar-refractivity contribution is -0.136. The van der Waals surface area contributed by atoms with Gasteiger partial charge in [0, 0.05) is 48.2 Å². The van der Waals surface area contributed by atoms with Gasteiger partial charge in [0.15, 0.2) is 0 Å². The van der Waals surface area contributed by atoms with E-state index in [1.807, 2.05) is 83.8 Å². The van der Waals surface area contributed by atoms with E-state index in [4.69, 9.17) is 14.2 Å². The monoisotopic (exact) mass is 726 g/mol. The number of rotatable bonds is 9. The van der Waals surface area contributed by atoms with Crippen LogP contribution >= 0.6 is 0 Å². The molecule has 2 amide bonds. The number of aliphatic hydroxyl groups is 1. The van der Waals surface area contributed by atoms with Crippen molar-refractivity contribution < 1.29 is 28.9 Å². The maximum atomic E-state index is 14.6. The highest BCUT2D eigenvalue weighted by atomic mass is 28.3. The zero-order valence-corrected chi connectivity index (χ0v) is 31.9. The summed E-state index contributed by atoms with van der Waals surface area (Å²) in [7, 11) is 0.916. The molecular formula is C44H46N2O6Si. The maximum absolute atomic E-state index is 14.6. The van der Waals surface area contributed by atoms with Gasteiger partial charge in [-0.1, -0.05) is 85.9 Å². The highest BCUT2D eigenvalue weighted by molar-refractivity contribution is 6.91. The number of carbonyl (C=O) groups excluding carboxylic acids is 2. The summed E-state index contributed by atoms with van der Waals surface area (Å²) in [5.41, 5.74) is 5.36. The van der Waals surface area contributed by atoms with E-state index in [1.54, 1.807) is 19.1 Å². The molecule has 0 radical (unpaired) electrons. The van der Waals surface area contributed by atoms with Gasteiger partial charge in [-0.3, -0.25) is 14.5 Å². The van der Waals surface area contributed by atoms with Crippen LogP contribution in [0.25, 0.3) is 10.8 Å². The molecule has 8 rings (SSSR count). The molecule has 9 heteroatoms. The molecule has 53 heavy (non-hydrogen) atoms. The third kappa shape index (κ3) is 5.91. The fourth-order valence-electron chi connectivity index (χ4n) is 9.04. The van der Waals surface area contributed by atoms with Crippen LogP contribution in [0.1, 0.15) is 46.5 Å². The van der Waals surface area contributed by atoms with Crippen molar-refractivity contribution in [3.63, 3.8) is 0 Å². The summed E-state index contributed by atoms with van der Waals surface area (Å²) in [4.78, 5) is 32.1. The largest absolute Gasteiger partial charge is 0.497 e. The fraction of sp³-hybridized carbons (Fsp3) is 0.318. The lowest BCUT2D eigenvalue weighted by Gasteiger charge is -2.46. The first-order valence-corrected chi connectivity index (χ1v) is 21.5. The number of amides is 2. The van der Waals surface area contributed by atoms with E-state index >= 15 is 0 Å². The second kappa shape index (κ2) is 13.8. The number of methoxy groups -OCH3 is 2. The number of nitrogens with zero attached hydrogens (tertiary/aromatic N) is 2. The molecule has 0 bridgehead atoms. The van der Waals surface area contributed by atoms with E-state index in [9.17, 15) is 14.7 Å². The van der Waals surface area contributed by atoms with Gasteiger partial charge >= 0.3 is 0 Å². The number of benzene rings is 5. The van der Waals surface area contributed by atoms with Crippen molar-refractivity contribution in [2.45, 2.75) is 63.2 Å². The molecule has 8 nitrogen and oxygen atoms in total. The molecule has 5 aromatic carbocycles. The van der Waals surface area contributed by atoms with Crippen molar-refractivity contribution in [1.29, 1.82) is 0 Å². The van der Waals surface area contributed by atoms with Crippen LogP contribution in [0, 0.1) is 5.92 Å². The number of aliphatic hydroxyl groups excluding tert-OH is 1. The molecule has 0 spiro atoms.